The lowest BCUT2D eigenvalue weighted by Gasteiger charge is -2.26. The molecule has 1 unspecified atom stereocenters. The molecule has 0 aromatic heterocycles. The van der Waals surface area contributed by atoms with Gasteiger partial charge in [0.25, 0.3) is 0 Å². The van der Waals surface area contributed by atoms with Crippen molar-refractivity contribution >= 4 is 16.9 Å². The maximum Gasteiger partial charge on any atom is 0.189 e. The van der Waals surface area contributed by atoms with Crippen LogP contribution < -0.4 is 0 Å². The fraction of sp³-hybridized carbons (Fsp3) is 0.889. The molecule has 0 aliphatic rings. The third kappa shape index (κ3) is 6.68. The van der Waals surface area contributed by atoms with E-state index >= 15 is 0 Å². The molecule has 0 N–H and O–H groups in total. The Morgan fingerprint density at radius 3 is 2.25 bits per heavy atom. The van der Waals surface area contributed by atoms with Gasteiger partial charge in [-0.3, -0.25) is 4.79 Å². The van der Waals surface area contributed by atoms with Crippen LogP contribution in [0.4, 0.5) is 0 Å². The van der Waals surface area contributed by atoms with E-state index in [4.69, 9.17) is 0 Å². The Bertz CT molecular complexity index is 151. The Labute approximate surface area is 79.9 Å². The number of quaternary nitrogens is 1. The molecule has 0 fully saturated rings. The zero-order chi connectivity index (χ0) is 9.78. The van der Waals surface area contributed by atoms with Gasteiger partial charge in [-0.25, -0.2) is 0 Å². The predicted molar refractivity (Wildman–Crippen MR) is 55.3 cm³/mol. The van der Waals surface area contributed by atoms with Gasteiger partial charge in [0.1, 0.15) is 0 Å². The topological polar surface area (TPSA) is 17.1 Å². The number of rotatable bonds is 4. The van der Waals surface area contributed by atoms with E-state index in [1.807, 2.05) is 6.92 Å². The molecule has 0 rings (SSSR count). The summed E-state index contributed by atoms with van der Waals surface area (Å²) in [5.74, 6) is 0. The lowest BCUT2D eigenvalue weighted by atomic mass is 10.4. The molecule has 0 radical (unpaired) electrons. The number of thioether (sulfide) groups is 1. The minimum Gasteiger partial charge on any atom is -0.330 e. The van der Waals surface area contributed by atoms with Crippen LogP contribution in [0.1, 0.15) is 20.3 Å². The van der Waals surface area contributed by atoms with Crippen LogP contribution in [0.3, 0.4) is 0 Å². The molecule has 1 atom stereocenters. The summed E-state index contributed by atoms with van der Waals surface area (Å²) >= 11 is 1.47. The first kappa shape index (κ1) is 12.0. The van der Waals surface area contributed by atoms with Crippen molar-refractivity contribution < 1.29 is 9.28 Å². The van der Waals surface area contributed by atoms with Gasteiger partial charge in [-0.05, 0) is 6.92 Å². The maximum absolute atomic E-state index is 11.1. The molecule has 3 heteroatoms. The highest BCUT2D eigenvalue weighted by Crippen LogP contribution is 2.15. The van der Waals surface area contributed by atoms with Crippen molar-refractivity contribution in [2.24, 2.45) is 0 Å². The second kappa shape index (κ2) is 4.87. The van der Waals surface area contributed by atoms with Crippen LogP contribution in [-0.2, 0) is 4.79 Å². The van der Waals surface area contributed by atoms with Gasteiger partial charge >= 0.3 is 0 Å². The third-order valence-electron chi connectivity index (χ3n) is 1.43. The van der Waals surface area contributed by atoms with Gasteiger partial charge in [0.05, 0.1) is 32.9 Å². The summed E-state index contributed by atoms with van der Waals surface area (Å²) in [6, 6.07) is 0. The molecule has 0 amide bonds. The number of hydrogen-bond donors (Lipinski definition) is 0. The standard InChI is InChI=1S/C9H20NOS/c1-6-9(11)12-8(2)7-10(3,4)5/h8H,6-7H2,1-5H3/q+1. The van der Waals surface area contributed by atoms with Crippen molar-refractivity contribution in [3.8, 4) is 0 Å². The van der Waals surface area contributed by atoms with E-state index in [9.17, 15) is 4.79 Å². The van der Waals surface area contributed by atoms with Gasteiger partial charge in [0, 0.05) is 6.42 Å². The molecule has 0 heterocycles. The van der Waals surface area contributed by atoms with Gasteiger partial charge in [-0.2, -0.15) is 0 Å². The number of hydrogen-bond acceptors (Lipinski definition) is 2. The van der Waals surface area contributed by atoms with Crippen LogP contribution in [-0.4, -0.2) is 42.5 Å². The lowest BCUT2D eigenvalue weighted by Crippen LogP contribution is -2.39. The van der Waals surface area contributed by atoms with Crippen LogP contribution in [0.25, 0.3) is 0 Å². The van der Waals surface area contributed by atoms with Crippen LogP contribution >= 0.6 is 11.8 Å². The van der Waals surface area contributed by atoms with E-state index in [2.05, 4.69) is 28.1 Å². The van der Waals surface area contributed by atoms with E-state index in [1.54, 1.807) is 0 Å². The first-order valence-corrected chi connectivity index (χ1v) is 5.23. The zero-order valence-corrected chi connectivity index (χ0v) is 9.57. The van der Waals surface area contributed by atoms with E-state index in [1.165, 1.54) is 11.8 Å². The van der Waals surface area contributed by atoms with Gasteiger partial charge in [0.2, 0.25) is 0 Å². The highest BCUT2D eigenvalue weighted by molar-refractivity contribution is 8.14. The van der Waals surface area contributed by atoms with Gasteiger partial charge < -0.3 is 4.48 Å². The molecule has 2 nitrogen and oxygen atoms in total. The molecule has 0 aromatic rings. The summed E-state index contributed by atoms with van der Waals surface area (Å²) in [5.41, 5.74) is 0. The van der Waals surface area contributed by atoms with Crippen molar-refractivity contribution in [2.75, 3.05) is 27.7 Å². The molecule has 0 saturated heterocycles. The predicted octanol–water partition coefficient (Wildman–Crippen LogP) is 1.75. The van der Waals surface area contributed by atoms with Crippen molar-refractivity contribution in [2.45, 2.75) is 25.5 Å². The van der Waals surface area contributed by atoms with Crippen LogP contribution in [0, 0.1) is 0 Å². The number of carbonyl (C=O) groups excluding carboxylic acids is 1. The summed E-state index contributed by atoms with van der Waals surface area (Å²) in [6.07, 6.45) is 0.645. The van der Waals surface area contributed by atoms with Gasteiger partial charge in [-0.1, -0.05) is 18.7 Å². The summed E-state index contributed by atoms with van der Waals surface area (Å²) in [4.78, 5) is 11.1. The van der Waals surface area contributed by atoms with Gasteiger partial charge in [0.15, 0.2) is 5.12 Å². The molecule has 0 aliphatic heterocycles. The SMILES string of the molecule is CCC(=O)SC(C)C[N+](C)(C)C. The average molecular weight is 190 g/mol. The Kier molecular flexibility index (Phi) is 4.87. The van der Waals surface area contributed by atoms with Crippen molar-refractivity contribution in [3.05, 3.63) is 0 Å². The normalized spacial score (nSPS) is 14.4. The number of carbonyl (C=O) groups is 1. The largest absolute Gasteiger partial charge is 0.330 e. The van der Waals surface area contributed by atoms with Crippen molar-refractivity contribution in [1.82, 2.24) is 0 Å². The van der Waals surface area contributed by atoms with Crippen molar-refractivity contribution in [1.29, 1.82) is 0 Å². The fourth-order valence-corrected chi connectivity index (χ4v) is 2.25. The third-order valence-corrected chi connectivity index (χ3v) is 2.53. The lowest BCUT2D eigenvalue weighted by molar-refractivity contribution is -0.869. The van der Waals surface area contributed by atoms with Gasteiger partial charge in [-0.15, -0.1) is 0 Å². The minimum absolute atomic E-state index is 0.302. The second-order valence-electron chi connectivity index (χ2n) is 4.13. The summed E-state index contributed by atoms with van der Waals surface area (Å²) in [6.45, 7) is 5.06. The Morgan fingerprint density at radius 2 is 1.92 bits per heavy atom. The fourth-order valence-electron chi connectivity index (χ4n) is 1.12. The van der Waals surface area contributed by atoms with Crippen molar-refractivity contribution in [3.63, 3.8) is 0 Å². The Hall–Kier alpha value is -0.0200. The molecule has 0 aromatic carbocycles. The zero-order valence-electron chi connectivity index (χ0n) is 8.76. The Balaban J connectivity index is 3.74. The molecule has 12 heavy (non-hydrogen) atoms. The molecule has 72 valence electrons. The smallest absolute Gasteiger partial charge is 0.189 e. The average Bonchev–Trinajstić information content (AvgIpc) is 1.82. The van der Waals surface area contributed by atoms with E-state index in [-0.39, 0.29) is 0 Å². The Morgan fingerprint density at radius 1 is 1.42 bits per heavy atom. The summed E-state index contributed by atoms with van der Waals surface area (Å²) in [7, 11) is 6.44. The van der Waals surface area contributed by atoms with Crippen LogP contribution in [0.5, 0.6) is 0 Å². The quantitative estimate of drug-likeness (QED) is 0.628. The summed E-state index contributed by atoms with van der Waals surface area (Å²) < 4.78 is 0.922. The molecule has 0 aliphatic carbocycles. The van der Waals surface area contributed by atoms with E-state index in [0.29, 0.717) is 16.8 Å². The highest BCUT2D eigenvalue weighted by Gasteiger charge is 2.16. The van der Waals surface area contributed by atoms with E-state index < -0.39 is 0 Å². The molecular formula is C9H20NOS+. The van der Waals surface area contributed by atoms with Crippen LogP contribution in [0.2, 0.25) is 0 Å². The molecule has 0 bridgehead atoms. The first-order chi connectivity index (χ1) is 5.35. The number of nitrogens with zero attached hydrogens (tertiary/aromatic N) is 1. The monoisotopic (exact) mass is 190 g/mol. The van der Waals surface area contributed by atoms with Crippen LogP contribution in [0.15, 0.2) is 0 Å². The first-order valence-electron chi connectivity index (χ1n) is 4.35. The minimum atomic E-state index is 0.302. The highest BCUT2D eigenvalue weighted by atomic mass is 32.2. The molecule has 0 saturated carbocycles. The summed E-state index contributed by atoms with van der Waals surface area (Å²) in [5, 5.41) is 0.730. The maximum atomic E-state index is 11.1. The molecule has 0 spiro atoms. The molecular weight excluding hydrogens is 170 g/mol. The van der Waals surface area contributed by atoms with E-state index in [0.717, 1.165) is 11.0 Å². The second-order valence-corrected chi connectivity index (χ2v) is 5.62.